The highest BCUT2D eigenvalue weighted by Gasteiger charge is 2.30. The molecule has 0 aromatic heterocycles. The van der Waals surface area contributed by atoms with Gasteiger partial charge in [-0.05, 0) is 12.8 Å². The van der Waals surface area contributed by atoms with E-state index in [1.165, 1.54) is 7.11 Å². The second-order valence-electron chi connectivity index (χ2n) is 6.16. The number of nitrogens with zero attached hydrogens (tertiary/aromatic N) is 2. The lowest BCUT2D eigenvalue weighted by atomic mass is 10.0. The molecule has 7 heteroatoms. The molecule has 1 amide bonds. The van der Waals surface area contributed by atoms with Crippen LogP contribution in [0, 0.1) is 0 Å². The number of piperidine rings is 1. The first kappa shape index (κ1) is 18.2. The molecule has 0 aromatic rings. The number of carbonyl (C=O) groups excluding carboxylic acids is 2. The Balaban J connectivity index is 1.72. The summed E-state index contributed by atoms with van der Waals surface area (Å²) in [5.74, 6) is 0.000873. The second kappa shape index (κ2) is 9.20. The number of ether oxygens (including phenoxy) is 2. The number of methoxy groups -OCH3 is 1. The second-order valence-corrected chi connectivity index (χ2v) is 6.16. The molecule has 0 spiro atoms. The zero-order chi connectivity index (χ0) is 16.7. The molecule has 0 aliphatic carbocycles. The lowest BCUT2D eigenvalue weighted by Crippen LogP contribution is -2.54. The molecular formula is C16H29N3O4. The van der Waals surface area contributed by atoms with Crippen molar-refractivity contribution in [3.63, 3.8) is 0 Å². The van der Waals surface area contributed by atoms with Crippen LogP contribution in [-0.4, -0.2) is 86.8 Å². The average molecular weight is 327 g/mol. The zero-order valence-electron chi connectivity index (χ0n) is 14.3. The van der Waals surface area contributed by atoms with E-state index in [-0.39, 0.29) is 24.5 Å². The number of rotatable bonds is 6. The van der Waals surface area contributed by atoms with Gasteiger partial charge in [-0.15, -0.1) is 0 Å². The van der Waals surface area contributed by atoms with Crippen molar-refractivity contribution in [2.75, 3.05) is 53.0 Å². The molecule has 2 rings (SSSR count). The van der Waals surface area contributed by atoms with Gasteiger partial charge in [-0.2, -0.15) is 0 Å². The van der Waals surface area contributed by atoms with Gasteiger partial charge in [0.2, 0.25) is 5.91 Å². The summed E-state index contributed by atoms with van der Waals surface area (Å²) in [7, 11) is 1.39. The lowest BCUT2D eigenvalue weighted by Gasteiger charge is -2.42. The maximum Gasteiger partial charge on any atom is 0.319 e. The molecule has 0 aromatic carbocycles. The molecule has 1 N–H and O–H groups in total. The summed E-state index contributed by atoms with van der Waals surface area (Å²) in [6.07, 6.45) is 2.77. The fraction of sp³-hybridized carbons (Fsp3) is 0.875. The molecule has 0 radical (unpaired) electrons. The summed E-state index contributed by atoms with van der Waals surface area (Å²) in [5, 5.41) is 3.08. The van der Waals surface area contributed by atoms with E-state index in [1.54, 1.807) is 0 Å². The highest BCUT2D eigenvalue weighted by atomic mass is 16.5. The summed E-state index contributed by atoms with van der Waals surface area (Å²) in [6, 6.07) is 0.530. The van der Waals surface area contributed by atoms with Gasteiger partial charge < -0.3 is 19.7 Å². The predicted molar refractivity (Wildman–Crippen MR) is 86.1 cm³/mol. The summed E-state index contributed by atoms with van der Waals surface area (Å²) < 4.78 is 10.4. The third kappa shape index (κ3) is 5.44. The minimum Gasteiger partial charge on any atom is -0.468 e. The van der Waals surface area contributed by atoms with E-state index in [0.29, 0.717) is 19.0 Å². The van der Waals surface area contributed by atoms with E-state index >= 15 is 0 Å². The van der Waals surface area contributed by atoms with Crippen LogP contribution in [0.3, 0.4) is 0 Å². The molecule has 2 saturated heterocycles. The number of likely N-dealkylation sites (tertiary alicyclic amines) is 1. The summed E-state index contributed by atoms with van der Waals surface area (Å²) >= 11 is 0. The van der Waals surface area contributed by atoms with Crippen LogP contribution in [0.15, 0.2) is 0 Å². The molecule has 2 aliphatic rings. The molecular weight excluding hydrogens is 298 g/mol. The number of hydrogen-bond acceptors (Lipinski definition) is 6. The fourth-order valence-corrected chi connectivity index (χ4v) is 3.31. The Hall–Kier alpha value is -1.18. The average Bonchev–Trinajstić information content (AvgIpc) is 2.61. The number of carbonyl (C=O) groups is 2. The third-order valence-corrected chi connectivity index (χ3v) is 4.68. The largest absolute Gasteiger partial charge is 0.468 e. The van der Waals surface area contributed by atoms with Crippen molar-refractivity contribution in [3.05, 3.63) is 0 Å². The van der Waals surface area contributed by atoms with E-state index in [9.17, 15) is 9.59 Å². The zero-order valence-corrected chi connectivity index (χ0v) is 14.3. The number of nitrogens with one attached hydrogen (secondary N) is 1. The molecule has 23 heavy (non-hydrogen) atoms. The molecule has 2 heterocycles. The van der Waals surface area contributed by atoms with Crippen molar-refractivity contribution in [3.8, 4) is 0 Å². The van der Waals surface area contributed by atoms with Crippen molar-refractivity contribution in [2.45, 2.75) is 38.3 Å². The Morgan fingerprint density at radius 1 is 1.26 bits per heavy atom. The Labute approximate surface area is 138 Å². The topological polar surface area (TPSA) is 71.1 Å². The monoisotopic (exact) mass is 327 g/mol. The number of amides is 1. The number of esters is 1. The van der Waals surface area contributed by atoms with Crippen LogP contribution in [0.2, 0.25) is 0 Å². The van der Waals surface area contributed by atoms with E-state index in [0.717, 1.165) is 45.6 Å². The van der Waals surface area contributed by atoms with Gasteiger partial charge in [0.25, 0.3) is 0 Å². The highest BCUT2D eigenvalue weighted by Crippen LogP contribution is 2.19. The van der Waals surface area contributed by atoms with Gasteiger partial charge >= 0.3 is 5.97 Å². The molecule has 7 nitrogen and oxygen atoms in total. The maximum atomic E-state index is 11.7. The van der Waals surface area contributed by atoms with Gasteiger partial charge in [-0.25, -0.2) is 0 Å². The molecule has 2 aliphatic heterocycles. The van der Waals surface area contributed by atoms with E-state index < -0.39 is 0 Å². The molecule has 1 unspecified atom stereocenters. The van der Waals surface area contributed by atoms with Gasteiger partial charge in [0.15, 0.2) is 0 Å². The van der Waals surface area contributed by atoms with Crippen molar-refractivity contribution in [1.82, 2.24) is 15.1 Å². The van der Waals surface area contributed by atoms with Crippen molar-refractivity contribution in [2.24, 2.45) is 0 Å². The minimum atomic E-state index is -0.259. The van der Waals surface area contributed by atoms with Gasteiger partial charge in [-0.3, -0.25) is 14.5 Å². The predicted octanol–water partition coefficient (Wildman–Crippen LogP) is -0.149. The van der Waals surface area contributed by atoms with Gasteiger partial charge in [0.1, 0.15) is 0 Å². The van der Waals surface area contributed by atoms with Crippen LogP contribution in [0.1, 0.15) is 26.2 Å². The normalized spacial score (nSPS) is 23.7. The summed E-state index contributed by atoms with van der Waals surface area (Å²) in [6.45, 7) is 7.05. The molecule has 0 saturated carbocycles. The van der Waals surface area contributed by atoms with Crippen molar-refractivity contribution in [1.29, 1.82) is 0 Å². The van der Waals surface area contributed by atoms with Crippen molar-refractivity contribution >= 4 is 11.9 Å². The molecule has 2 fully saturated rings. The lowest BCUT2D eigenvalue weighted by molar-refractivity contribution is -0.139. The Kier molecular flexibility index (Phi) is 7.26. The Morgan fingerprint density at radius 3 is 2.65 bits per heavy atom. The van der Waals surface area contributed by atoms with E-state index in [1.807, 2.05) is 11.8 Å². The highest BCUT2D eigenvalue weighted by molar-refractivity contribution is 5.75. The van der Waals surface area contributed by atoms with Crippen LogP contribution in [0.4, 0.5) is 0 Å². The number of hydrogen-bond donors (Lipinski definition) is 1. The quantitative estimate of drug-likeness (QED) is 0.684. The molecule has 132 valence electrons. The van der Waals surface area contributed by atoms with Crippen LogP contribution in [0.5, 0.6) is 0 Å². The molecule has 1 atom stereocenters. The third-order valence-electron chi connectivity index (χ3n) is 4.68. The standard InChI is InChI=1S/C16H29N3O4/c1-3-15(20)18-6-4-13(5-7-18)19-8-9-23-14(12-19)10-17-11-16(21)22-2/h13-14,17H,3-12H2,1-2H3. The van der Waals surface area contributed by atoms with Crippen LogP contribution in [0.25, 0.3) is 0 Å². The van der Waals surface area contributed by atoms with Crippen LogP contribution in [-0.2, 0) is 19.1 Å². The maximum absolute atomic E-state index is 11.7. The first-order valence-electron chi connectivity index (χ1n) is 8.55. The van der Waals surface area contributed by atoms with E-state index in [2.05, 4.69) is 15.0 Å². The Morgan fingerprint density at radius 2 is 2.00 bits per heavy atom. The summed E-state index contributed by atoms with van der Waals surface area (Å²) in [4.78, 5) is 27.3. The van der Waals surface area contributed by atoms with Crippen molar-refractivity contribution < 1.29 is 19.1 Å². The SMILES string of the molecule is CCC(=O)N1CCC(N2CCOC(CNCC(=O)OC)C2)CC1. The first-order valence-corrected chi connectivity index (χ1v) is 8.55. The Bertz CT molecular complexity index is 397. The minimum absolute atomic E-state index is 0.101. The van der Waals surface area contributed by atoms with Gasteiger partial charge in [0.05, 0.1) is 26.4 Å². The van der Waals surface area contributed by atoms with Gasteiger partial charge in [-0.1, -0.05) is 6.92 Å². The fourth-order valence-electron chi connectivity index (χ4n) is 3.31. The first-order chi connectivity index (χ1) is 11.1. The smallest absolute Gasteiger partial charge is 0.319 e. The van der Waals surface area contributed by atoms with Crippen LogP contribution < -0.4 is 5.32 Å². The summed E-state index contributed by atoms with van der Waals surface area (Å²) in [5.41, 5.74) is 0. The number of morpholine rings is 1. The van der Waals surface area contributed by atoms with Gasteiger partial charge in [0, 0.05) is 45.2 Å². The van der Waals surface area contributed by atoms with E-state index in [4.69, 9.17) is 4.74 Å². The van der Waals surface area contributed by atoms with Crippen LogP contribution >= 0.6 is 0 Å². The molecule has 0 bridgehead atoms.